The molecule has 1 amide bonds. The van der Waals surface area contributed by atoms with Crippen molar-refractivity contribution in [2.45, 2.75) is 43.3 Å². The molecule has 27 heavy (non-hydrogen) atoms. The Balaban J connectivity index is 1.50. The number of amides is 1. The molecule has 6 heteroatoms. The number of carbonyl (C=O) groups is 1. The molecule has 1 aromatic heterocycles. The van der Waals surface area contributed by atoms with Gasteiger partial charge in [0.25, 0.3) is 0 Å². The van der Waals surface area contributed by atoms with Crippen molar-refractivity contribution in [3.05, 3.63) is 71.6 Å². The minimum absolute atomic E-state index is 0.135. The van der Waals surface area contributed by atoms with Crippen LogP contribution in [0.3, 0.4) is 0 Å². The summed E-state index contributed by atoms with van der Waals surface area (Å²) in [5.41, 5.74) is 2.21. The number of thioether (sulfide) groups is 1. The van der Waals surface area contributed by atoms with E-state index in [1.807, 2.05) is 42.1 Å². The molecule has 5 nitrogen and oxygen atoms in total. The van der Waals surface area contributed by atoms with E-state index in [9.17, 15) is 4.79 Å². The Morgan fingerprint density at radius 2 is 1.78 bits per heavy atom. The lowest BCUT2D eigenvalue weighted by Crippen LogP contribution is -2.12. The molecule has 0 aliphatic heterocycles. The van der Waals surface area contributed by atoms with Crippen LogP contribution in [0.25, 0.3) is 0 Å². The summed E-state index contributed by atoms with van der Waals surface area (Å²) < 4.78 is 5.55. The maximum Gasteiger partial charge on any atom is 0.322 e. The minimum Gasteiger partial charge on any atom is -0.407 e. The van der Waals surface area contributed by atoms with Crippen molar-refractivity contribution < 1.29 is 9.21 Å². The molecule has 0 atom stereocenters. The van der Waals surface area contributed by atoms with Gasteiger partial charge in [-0.05, 0) is 29.7 Å². The molecular formula is C21H23N3O2S. The van der Waals surface area contributed by atoms with E-state index < -0.39 is 0 Å². The third-order valence-corrected chi connectivity index (χ3v) is 4.86. The molecule has 1 N–H and O–H groups in total. The fourth-order valence-electron chi connectivity index (χ4n) is 2.59. The molecule has 140 valence electrons. The van der Waals surface area contributed by atoms with Gasteiger partial charge in [-0.1, -0.05) is 61.4 Å². The normalized spacial score (nSPS) is 10.9. The Bertz CT molecular complexity index is 861. The highest BCUT2D eigenvalue weighted by molar-refractivity contribution is 7.99. The van der Waals surface area contributed by atoms with Gasteiger partial charge >= 0.3 is 6.01 Å². The maximum absolute atomic E-state index is 12.0. The van der Waals surface area contributed by atoms with Crippen molar-refractivity contribution in [1.29, 1.82) is 0 Å². The number of hydrogen-bond donors (Lipinski definition) is 1. The first-order chi connectivity index (χ1) is 13.1. The number of benzene rings is 2. The van der Waals surface area contributed by atoms with Crippen LogP contribution in [-0.2, 0) is 17.6 Å². The number of anilines is 1. The van der Waals surface area contributed by atoms with Crippen LogP contribution in [0.2, 0.25) is 0 Å². The van der Waals surface area contributed by atoms with Gasteiger partial charge in [0, 0.05) is 16.6 Å². The van der Waals surface area contributed by atoms with Crippen LogP contribution in [0, 0.1) is 0 Å². The molecule has 0 bridgehead atoms. The monoisotopic (exact) mass is 381 g/mol. The average Bonchev–Trinajstić information content (AvgIpc) is 3.09. The predicted octanol–water partition coefficient (Wildman–Crippen LogP) is 4.73. The number of aryl methyl sites for hydroxylation is 1. The standard InChI is InChI=1S/C21H23N3O2S/c1-15(2)27-18-11-8-17(9-12-18)14-20-23-24-21(26-20)22-19(25)13-10-16-6-4-3-5-7-16/h3-9,11-12,15H,10,13-14H2,1-2H3,(H,22,24,25). The van der Waals surface area contributed by atoms with E-state index in [1.54, 1.807) is 0 Å². The Labute approximate surface area is 163 Å². The van der Waals surface area contributed by atoms with Crippen LogP contribution in [-0.4, -0.2) is 21.4 Å². The second-order valence-electron chi connectivity index (χ2n) is 6.52. The summed E-state index contributed by atoms with van der Waals surface area (Å²) in [4.78, 5) is 13.3. The fraction of sp³-hybridized carbons (Fsp3) is 0.286. The molecule has 3 rings (SSSR count). The smallest absolute Gasteiger partial charge is 0.322 e. The Hall–Kier alpha value is -2.60. The molecule has 0 aliphatic rings. The van der Waals surface area contributed by atoms with Crippen molar-refractivity contribution in [2.24, 2.45) is 0 Å². The molecule has 0 saturated heterocycles. The molecule has 3 aromatic rings. The van der Waals surface area contributed by atoms with Gasteiger partial charge in [-0.25, -0.2) is 0 Å². The molecule has 0 aliphatic carbocycles. The molecule has 2 aromatic carbocycles. The van der Waals surface area contributed by atoms with Crippen LogP contribution >= 0.6 is 11.8 Å². The van der Waals surface area contributed by atoms with Gasteiger partial charge in [0.15, 0.2) is 0 Å². The topological polar surface area (TPSA) is 68.0 Å². The van der Waals surface area contributed by atoms with Crippen molar-refractivity contribution in [1.82, 2.24) is 10.2 Å². The van der Waals surface area contributed by atoms with Crippen LogP contribution < -0.4 is 5.32 Å². The van der Waals surface area contributed by atoms with Gasteiger partial charge in [0.05, 0.1) is 6.42 Å². The van der Waals surface area contributed by atoms with Crippen LogP contribution in [0.4, 0.5) is 6.01 Å². The zero-order valence-electron chi connectivity index (χ0n) is 15.5. The summed E-state index contributed by atoms with van der Waals surface area (Å²) in [6, 6.07) is 18.4. The molecule has 0 spiro atoms. The number of nitrogens with one attached hydrogen (secondary N) is 1. The summed E-state index contributed by atoms with van der Waals surface area (Å²) in [7, 11) is 0. The molecule has 1 heterocycles. The average molecular weight is 382 g/mol. The second-order valence-corrected chi connectivity index (χ2v) is 8.17. The first kappa shape index (κ1) is 19.2. The van der Waals surface area contributed by atoms with Crippen molar-refractivity contribution >= 4 is 23.7 Å². The summed E-state index contributed by atoms with van der Waals surface area (Å²) in [6.45, 7) is 4.35. The van der Waals surface area contributed by atoms with E-state index in [0.29, 0.717) is 30.4 Å². The molecular weight excluding hydrogens is 358 g/mol. The Kier molecular flexibility index (Phi) is 6.65. The van der Waals surface area contributed by atoms with Crippen molar-refractivity contribution in [3.63, 3.8) is 0 Å². The van der Waals surface area contributed by atoms with Gasteiger partial charge in [0.2, 0.25) is 11.8 Å². The third kappa shape index (κ3) is 6.25. The van der Waals surface area contributed by atoms with E-state index in [-0.39, 0.29) is 11.9 Å². The lowest BCUT2D eigenvalue weighted by molar-refractivity contribution is -0.116. The number of hydrogen-bond acceptors (Lipinski definition) is 5. The summed E-state index contributed by atoms with van der Waals surface area (Å²) in [5, 5.41) is 11.2. The number of nitrogens with zero attached hydrogens (tertiary/aromatic N) is 2. The van der Waals surface area contributed by atoms with Crippen LogP contribution in [0.1, 0.15) is 37.3 Å². The third-order valence-electron chi connectivity index (χ3n) is 3.85. The van der Waals surface area contributed by atoms with E-state index in [0.717, 1.165) is 11.1 Å². The van der Waals surface area contributed by atoms with Gasteiger partial charge in [-0.15, -0.1) is 16.9 Å². The lowest BCUT2D eigenvalue weighted by Gasteiger charge is -2.05. The highest BCUT2D eigenvalue weighted by Gasteiger charge is 2.11. The summed E-state index contributed by atoms with van der Waals surface area (Å²) in [5.74, 6) is 0.349. The Morgan fingerprint density at radius 1 is 1.04 bits per heavy atom. The van der Waals surface area contributed by atoms with Crippen molar-refractivity contribution in [2.75, 3.05) is 5.32 Å². The predicted molar refractivity (Wildman–Crippen MR) is 108 cm³/mol. The van der Waals surface area contributed by atoms with Crippen LogP contribution in [0.15, 0.2) is 63.9 Å². The van der Waals surface area contributed by atoms with Gasteiger partial charge in [-0.2, -0.15) is 0 Å². The summed E-state index contributed by atoms with van der Waals surface area (Å²) >= 11 is 1.83. The molecule has 0 unspecified atom stereocenters. The van der Waals surface area contributed by atoms with E-state index >= 15 is 0 Å². The molecule has 0 fully saturated rings. The van der Waals surface area contributed by atoms with Crippen LogP contribution in [0.5, 0.6) is 0 Å². The first-order valence-corrected chi connectivity index (χ1v) is 9.88. The van der Waals surface area contributed by atoms with E-state index in [4.69, 9.17) is 4.42 Å². The highest BCUT2D eigenvalue weighted by atomic mass is 32.2. The molecule has 0 saturated carbocycles. The largest absolute Gasteiger partial charge is 0.407 e. The second kappa shape index (κ2) is 9.37. The zero-order valence-corrected chi connectivity index (χ0v) is 16.3. The number of aromatic nitrogens is 2. The lowest BCUT2D eigenvalue weighted by atomic mass is 10.1. The quantitative estimate of drug-likeness (QED) is 0.571. The van der Waals surface area contributed by atoms with Gasteiger partial charge in [-0.3, -0.25) is 10.1 Å². The first-order valence-electron chi connectivity index (χ1n) is 9.00. The van der Waals surface area contributed by atoms with Crippen molar-refractivity contribution in [3.8, 4) is 0 Å². The fourth-order valence-corrected chi connectivity index (χ4v) is 3.43. The van der Waals surface area contributed by atoms with E-state index in [1.165, 1.54) is 4.90 Å². The van der Waals surface area contributed by atoms with E-state index in [2.05, 4.69) is 53.6 Å². The molecule has 0 radical (unpaired) electrons. The minimum atomic E-state index is -0.135. The van der Waals surface area contributed by atoms with Gasteiger partial charge < -0.3 is 4.42 Å². The highest BCUT2D eigenvalue weighted by Crippen LogP contribution is 2.23. The number of rotatable bonds is 8. The van der Waals surface area contributed by atoms with Gasteiger partial charge in [0.1, 0.15) is 0 Å². The summed E-state index contributed by atoms with van der Waals surface area (Å²) in [6.07, 6.45) is 1.59. The number of carbonyl (C=O) groups excluding carboxylic acids is 1. The SMILES string of the molecule is CC(C)Sc1ccc(Cc2nnc(NC(=O)CCc3ccccc3)o2)cc1. The Morgan fingerprint density at radius 3 is 2.48 bits per heavy atom. The zero-order chi connectivity index (χ0) is 19.1. The maximum atomic E-state index is 12.0.